The third kappa shape index (κ3) is 3.70. The molecule has 25 heavy (non-hydrogen) atoms. The molecule has 0 atom stereocenters. The van der Waals surface area contributed by atoms with Crippen LogP contribution in [0.4, 0.5) is 5.69 Å². The number of amides is 1. The summed E-state index contributed by atoms with van der Waals surface area (Å²) in [6.45, 7) is 0.338. The van der Waals surface area contributed by atoms with Crippen molar-refractivity contribution in [2.75, 3.05) is 12.0 Å². The smallest absolute Gasteiger partial charge is 0.330 e. The van der Waals surface area contributed by atoms with Gasteiger partial charge in [-0.15, -0.1) is 0 Å². The summed E-state index contributed by atoms with van der Waals surface area (Å²) in [5, 5.41) is 1.06. The van der Waals surface area contributed by atoms with Crippen LogP contribution in [0.25, 0.3) is 6.08 Å². The van der Waals surface area contributed by atoms with Crippen molar-refractivity contribution in [2.24, 2.45) is 0 Å². The van der Waals surface area contributed by atoms with Gasteiger partial charge in [-0.2, -0.15) is 0 Å². The Morgan fingerprint density at radius 3 is 2.80 bits per heavy atom. The number of hydrogen-bond acceptors (Lipinski definition) is 3. The van der Waals surface area contributed by atoms with E-state index in [9.17, 15) is 9.59 Å². The summed E-state index contributed by atoms with van der Waals surface area (Å²) in [5.41, 5.74) is 3.29. The second-order valence-electron chi connectivity index (χ2n) is 5.60. The summed E-state index contributed by atoms with van der Waals surface area (Å²) in [7, 11) is 1.32. The highest BCUT2D eigenvalue weighted by molar-refractivity contribution is 6.35. The van der Waals surface area contributed by atoms with Gasteiger partial charge in [0.05, 0.1) is 25.8 Å². The minimum Gasteiger partial charge on any atom is -0.466 e. The molecule has 1 aliphatic rings. The zero-order chi connectivity index (χ0) is 18.0. The van der Waals surface area contributed by atoms with Gasteiger partial charge in [0.1, 0.15) is 0 Å². The van der Waals surface area contributed by atoms with Crippen molar-refractivity contribution >= 4 is 46.8 Å². The number of para-hydroxylation sites is 1. The van der Waals surface area contributed by atoms with Gasteiger partial charge in [-0.1, -0.05) is 47.5 Å². The van der Waals surface area contributed by atoms with Crippen LogP contribution in [0.2, 0.25) is 10.0 Å². The van der Waals surface area contributed by atoms with E-state index in [1.165, 1.54) is 13.2 Å². The van der Waals surface area contributed by atoms with Crippen LogP contribution < -0.4 is 4.90 Å². The Morgan fingerprint density at radius 1 is 1.28 bits per heavy atom. The number of rotatable bonds is 4. The number of carbonyl (C=O) groups is 2. The highest BCUT2D eigenvalue weighted by Crippen LogP contribution is 2.35. The van der Waals surface area contributed by atoms with Crippen molar-refractivity contribution in [3.63, 3.8) is 0 Å². The standard InChI is InChI=1S/C19H15Cl2NO3/c1-25-18(24)8-6-12-3-2-4-13-9-17(23)22(19(12)13)11-14-5-7-15(20)10-16(14)21/h2-8,10H,9,11H2,1H3/b8-6+. The molecule has 2 aromatic rings. The van der Waals surface area contributed by atoms with Gasteiger partial charge in [-0.3, -0.25) is 4.79 Å². The zero-order valence-corrected chi connectivity index (χ0v) is 15.0. The molecule has 0 aromatic heterocycles. The normalized spacial score (nSPS) is 13.4. The van der Waals surface area contributed by atoms with E-state index >= 15 is 0 Å². The number of ether oxygens (including phenoxy) is 1. The van der Waals surface area contributed by atoms with Gasteiger partial charge in [0.2, 0.25) is 5.91 Å². The molecule has 1 aliphatic heterocycles. The molecule has 0 aliphatic carbocycles. The molecule has 0 radical (unpaired) electrons. The van der Waals surface area contributed by atoms with Crippen molar-refractivity contribution in [3.8, 4) is 0 Å². The Morgan fingerprint density at radius 2 is 2.08 bits per heavy atom. The summed E-state index contributed by atoms with van der Waals surface area (Å²) in [6.07, 6.45) is 3.31. The molecular formula is C19H15Cl2NO3. The molecule has 1 amide bonds. The topological polar surface area (TPSA) is 46.6 Å². The Kier molecular flexibility index (Phi) is 5.11. The van der Waals surface area contributed by atoms with Crippen LogP contribution in [0.15, 0.2) is 42.5 Å². The predicted molar refractivity (Wildman–Crippen MR) is 98.8 cm³/mol. The van der Waals surface area contributed by atoms with Gasteiger partial charge in [0.25, 0.3) is 0 Å². The van der Waals surface area contributed by atoms with Crippen molar-refractivity contribution < 1.29 is 14.3 Å². The third-order valence-electron chi connectivity index (χ3n) is 4.01. The third-order valence-corrected chi connectivity index (χ3v) is 4.59. The van der Waals surface area contributed by atoms with Crippen LogP contribution in [0.3, 0.4) is 0 Å². The molecule has 3 rings (SSSR count). The maximum absolute atomic E-state index is 12.5. The number of benzene rings is 2. The molecule has 1 heterocycles. The maximum Gasteiger partial charge on any atom is 0.330 e. The fourth-order valence-electron chi connectivity index (χ4n) is 2.81. The molecule has 0 N–H and O–H groups in total. The van der Waals surface area contributed by atoms with E-state index in [4.69, 9.17) is 23.2 Å². The number of hydrogen-bond donors (Lipinski definition) is 0. The number of carbonyl (C=O) groups excluding carboxylic acids is 2. The first-order chi connectivity index (χ1) is 12.0. The van der Waals surface area contributed by atoms with Crippen LogP contribution in [0, 0.1) is 0 Å². The Bertz CT molecular complexity index is 877. The SMILES string of the molecule is COC(=O)/C=C/c1cccc2c1N(Cc1ccc(Cl)cc1Cl)C(=O)C2. The minimum atomic E-state index is -0.450. The van der Waals surface area contributed by atoms with Crippen LogP contribution in [0.5, 0.6) is 0 Å². The zero-order valence-electron chi connectivity index (χ0n) is 13.5. The van der Waals surface area contributed by atoms with E-state index in [0.29, 0.717) is 23.0 Å². The number of nitrogens with zero attached hydrogens (tertiary/aromatic N) is 1. The highest BCUT2D eigenvalue weighted by atomic mass is 35.5. The number of anilines is 1. The van der Waals surface area contributed by atoms with Crippen LogP contribution >= 0.6 is 23.2 Å². The van der Waals surface area contributed by atoms with Crippen LogP contribution in [0.1, 0.15) is 16.7 Å². The lowest BCUT2D eigenvalue weighted by Gasteiger charge is -2.20. The van der Waals surface area contributed by atoms with Crippen molar-refractivity contribution in [1.29, 1.82) is 0 Å². The van der Waals surface area contributed by atoms with E-state index in [1.807, 2.05) is 24.3 Å². The lowest BCUT2D eigenvalue weighted by atomic mass is 10.1. The summed E-state index contributed by atoms with van der Waals surface area (Å²) < 4.78 is 4.63. The van der Waals surface area contributed by atoms with E-state index in [1.54, 1.807) is 23.1 Å². The van der Waals surface area contributed by atoms with Gasteiger partial charge in [-0.25, -0.2) is 4.79 Å². The second kappa shape index (κ2) is 7.30. The molecule has 0 spiro atoms. The lowest BCUT2D eigenvalue weighted by molar-refractivity contribution is -0.134. The average molecular weight is 376 g/mol. The van der Waals surface area contributed by atoms with Gasteiger partial charge < -0.3 is 9.64 Å². The highest BCUT2D eigenvalue weighted by Gasteiger charge is 2.29. The summed E-state index contributed by atoms with van der Waals surface area (Å²) in [5.74, 6) is -0.464. The number of halogens is 2. The van der Waals surface area contributed by atoms with E-state index in [-0.39, 0.29) is 5.91 Å². The van der Waals surface area contributed by atoms with Gasteiger partial charge in [0.15, 0.2) is 0 Å². The predicted octanol–water partition coefficient (Wildman–Crippen LogP) is 4.27. The van der Waals surface area contributed by atoms with Crippen molar-refractivity contribution in [3.05, 3.63) is 69.2 Å². The largest absolute Gasteiger partial charge is 0.466 e. The maximum atomic E-state index is 12.5. The first-order valence-corrected chi connectivity index (χ1v) is 8.37. The van der Waals surface area contributed by atoms with E-state index in [2.05, 4.69) is 4.74 Å². The fraction of sp³-hybridized carbons (Fsp3) is 0.158. The van der Waals surface area contributed by atoms with E-state index < -0.39 is 5.97 Å². The summed E-state index contributed by atoms with van der Waals surface area (Å²) in [6, 6.07) is 10.8. The quantitative estimate of drug-likeness (QED) is 0.592. The lowest BCUT2D eigenvalue weighted by Crippen LogP contribution is -2.26. The number of methoxy groups -OCH3 is 1. The Labute approximate surface area is 155 Å². The second-order valence-corrected chi connectivity index (χ2v) is 6.45. The molecule has 0 bridgehead atoms. The van der Waals surface area contributed by atoms with E-state index in [0.717, 1.165) is 22.4 Å². The van der Waals surface area contributed by atoms with Crippen LogP contribution in [-0.4, -0.2) is 19.0 Å². The van der Waals surface area contributed by atoms with Gasteiger partial charge >= 0.3 is 5.97 Å². The molecule has 128 valence electrons. The Balaban J connectivity index is 1.97. The molecule has 0 saturated carbocycles. The van der Waals surface area contributed by atoms with Crippen molar-refractivity contribution in [2.45, 2.75) is 13.0 Å². The summed E-state index contributed by atoms with van der Waals surface area (Å²) in [4.78, 5) is 25.6. The molecule has 0 fully saturated rings. The molecule has 0 unspecified atom stereocenters. The first kappa shape index (κ1) is 17.5. The average Bonchev–Trinajstić information content (AvgIpc) is 2.91. The molecule has 6 heteroatoms. The first-order valence-electron chi connectivity index (χ1n) is 7.62. The fourth-order valence-corrected chi connectivity index (χ4v) is 3.28. The molecular weight excluding hydrogens is 361 g/mol. The van der Waals surface area contributed by atoms with Gasteiger partial charge in [-0.05, 0) is 34.9 Å². The van der Waals surface area contributed by atoms with Gasteiger partial charge in [0, 0.05) is 16.1 Å². The minimum absolute atomic E-state index is 0.0139. The molecule has 0 saturated heterocycles. The van der Waals surface area contributed by atoms with Crippen LogP contribution in [-0.2, 0) is 27.3 Å². The monoisotopic (exact) mass is 375 g/mol. The molecule has 4 nitrogen and oxygen atoms in total. The number of fused-ring (bicyclic) bond motifs is 1. The molecule has 2 aromatic carbocycles. The van der Waals surface area contributed by atoms with Crippen molar-refractivity contribution in [1.82, 2.24) is 0 Å². The Hall–Kier alpha value is -2.30. The number of esters is 1. The summed E-state index contributed by atoms with van der Waals surface area (Å²) >= 11 is 12.2.